The molecule has 0 unspecified atom stereocenters. The van der Waals surface area contributed by atoms with E-state index in [2.05, 4.69) is 4.98 Å². The Hall–Kier alpha value is -1.75. The molecule has 0 fully saturated rings. The smallest absolute Gasteiger partial charge is 0.314 e. The molecular formula is C12H12N2O2S. The van der Waals surface area contributed by atoms with Crippen molar-refractivity contribution in [3.8, 4) is 0 Å². The summed E-state index contributed by atoms with van der Waals surface area (Å²) in [4.78, 5) is 26.4. The van der Waals surface area contributed by atoms with Gasteiger partial charge in [0.15, 0.2) is 0 Å². The van der Waals surface area contributed by atoms with Crippen molar-refractivity contribution in [3.05, 3.63) is 63.4 Å². The van der Waals surface area contributed by atoms with Crippen molar-refractivity contribution in [1.82, 2.24) is 9.55 Å². The fourth-order valence-electron chi connectivity index (χ4n) is 1.44. The largest absolute Gasteiger partial charge is 0.328 e. The molecule has 0 amide bonds. The second kappa shape index (κ2) is 5.54. The monoisotopic (exact) mass is 248 g/mol. The fraction of sp³-hybridized carbons (Fsp3) is 0.167. The molecule has 0 saturated heterocycles. The third kappa shape index (κ3) is 3.10. The molecule has 0 aliphatic carbocycles. The Bertz CT molecular complexity index is 561. The summed E-state index contributed by atoms with van der Waals surface area (Å²) in [5.74, 6) is 0.691. The maximum Gasteiger partial charge on any atom is 0.328 e. The Morgan fingerprint density at radius 2 is 1.88 bits per heavy atom. The number of benzene rings is 1. The highest BCUT2D eigenvalue weighted by Gasteiger charge is 2.00. The molecule has 0 aliphatic rings. The van der Waals surface area contributed by atoms with Gasteiger partial charge < -0.3 is 4.98 Å². The second-order valence-electron chi connectivity index (χ2n) is 3.43. The summed E-state index contributed by atoms with van der Waals surface area (Å²) in [6, 6.07) is 11.2. The zero-order valence-corrected chi connectivity index (χ0v) is 9.94. The van der Waals surface area contributed by atoms with Gasteiger partial charge in [-0.05, 0) is 12.1 Å². The van der Waals surface area contributed by atoms with Crippen molar-refractivity contribution >= 4 is 11.8 Å². The first-order valence-electron chi connectivity index (χ1n) is 5.24. The van der Waals surface area contributed by atoms with Crippen LogP contribution in [0, 0.1) is 0 Å². The van der Waals surface area contributed by atoms with E-state index in [-0.39, 0.29) is 11.2 Å². The van der Waals surface area contributed by atoms with Crippen LogP contribution in [0.5, 0.6) is 0 Å². The SMILES string of the molecule is O=c1cc[nH]c(=O)n1CCSc1ccccc1. The summed E-state index contributed by atoms with van der Waals surface area (Å²) in [6.07, 6.45) is 1.37. The molecule has 0 aliphatic heterocycles. The van der Waals surface area contributed by atoms with Gasteiger partial charge in [0.05, 0.1) is 0 Å². The lowest BCUT2D eigenvalue weighted by Gasteiger charge is -2.03. The molecule has 1 aromatic heterocycles. The van der Waals surface area contributed by atoms with Gasteiger partial charge in [0.2, 0.25) is 0 Å². The number of nitrogens with zero attached hydrogens (tertiary/aromatic N) is 1. The minimum Gasteiger partial charge on any atom is -0.314 e. The zero-order valence-electron chi connectivity index (χ0n) is 9.13. The van der Waals surface area contributed by atoms with Crippen LogP contribution >= 0.6 is 11.8 Å². The van der Waals surface area contributed by atoms with E-state index < -0.39 is 0 Å². The minimum atomic E-state index is -0.355. The van der Waals surface area contributed by atoms with E-state index in [1.807, 2.05) is 30.3 Å². The van der Waals surface area contributed by atoms with Crippen molar-refractivity contribution in [2.75, 3.05) is 5.75 Å². The average molecular weight is 248 g/mol. The summed E-state index contributed by atoms with van der Waals surface area (Å²) in [7, 11) is 0. The van der Waals surface area contributed by atoms with E-state index in [1.54, 1.807) is 11.8 Å². The van der Waals surface area contributed by atoms with Gasteiger partial charge in [0, 0.05) is 29.5 Å². The Balaban J connectivity index is 2.00. The first-order valence-corrected chi connectivity index (χ1v) is 6.22. The molecule has 17 heavy (non-hydrogen) atoms. The number of thioether (sulfide) groups is 1. The highest BCUT2D eigenvalue weighted by atomic mass is 32.2. The molecular weight excluding hydrogens is 236 g/mol. The Morgan fingerprint density at radius 1 is 1.12 bits per heavy atom. The van der Waals surface area contributed by atoms with Gasteiger partial charge >= 0.3 is 5.69 Å². The summed E-state index contributed by atoms with van der Waals surface area (Å²) in [5, 5.41) is 0. The van der Waals surface area contributed by atoms with Crippen molar-refractivity contribution in [2.45, 2.75) is 11.4 Å². The number of aromatic nitrogens is 2. The minimum absolute atomic E-state index is 0.262. The van der Waals surface area contributed by atoms with Gasteiger partial charge in [-0.1, -0.05) is 18.2 Å². The van der Waals surface area contributed by atoms with E-state index in [0.29, 0.717) is 12.3 Å². The Morgan fingerprint density at radius 3 is 2.59 bits per heavy atom. The molecule has 0 saturated carbocycles. The van der Waals surface area contributed by atoms with Gasteiger partial charge in [-0.3, -0.25) is 9.36 Å². The number of rotatable bonds is 4. The van der Waals surface area contributed by atoms with Crippen molar-refractivity contribution in [1.29, 1.82) is 0 Å². The van der Waals surface area contributed by atoms with E-state index >= 15 is 0 Å². The van der Waals surface area contributed by atoms with Crippen LogP contribution in [0.3, 0.4) is 0 Å². The first-order chi connectivity index (χ1) is 8.27. The molecule has 88 valence electrons. The number of aromatic amines is 1. The Labute approximate surface area is 102 Å². The quantitative estimate of drug-likeness (QED) is 0.830. The predicted molar refractivity (Wildman–Crippen MR) is 68.5 cm³/mol. The molecule has 0 spiro atoms. The lowest BCUT2D eigenvalue weighted by molar-refractivity contribution is 0.679. The molecule has 1 aromatic carbocycles. The van der Waals surface area contributed by atoms with Crippen molar-refractivity contribution < 1.29 is 0 Å². The third-order valence-corrected chi connectivity index (χ3v) is 3.26. The van der Waals surface area contributed by atoms with Crippen molar-refractivity contribution in [3.63, 3.8) is 0 Å². The molecule has 4 nitrogen and oxygen atoms in total. The summed E-state index contributed by atoms with van der Waals surface area (Å²) in [5.41, 5.74) is -0.617. The average Bonchev–Trinajstić information content (AvgIpc) is 2.34. The molecule has 1 N–H and O–H groups in total. The Kier molecular flexibility index (Phi) is 3.82. The summed E-state index contributed by atoms with van der Waals surface area (Å²) >= 11 is 1.62. The standard InChI is InChI=1S/C12H12N2O2S/c15-11-6-7-13-12(16)14(11)8-9-17-10-4-2-1-3-5-10/h1-7H,8-9H2,(H,13,16). The van der Waals surface area contributed by atoms with Crippen LogP contribution in [0.2, 0.25) is 0 Å². The number of nitrogens with one attached hydrogen (secondary N) is 1. The zero-order chi connectivity index (χ0) is 12.1. The van der Waals surface area contributed by atoms with Gasteiger partial charge in [0.25, 0.3) is 5.56 Å². The van der Waals surface area contributed by atoms with Crippen LogP contribution < -0.4 is 11.2 Å². The number of hydrogen-bond acceptors (Lipinski definition) is 3. The van der Waals surface area contributed by atoms with E-state index in [0.717, 1.165) is 4.90 Å². The van der Waals surface area contributed by atoms with E-state index in [1.165, 1.54) is 16.8 Å². The molecule has 1 heterocycles. The van der Waals surface area contributed by atoms with Crippen LogP contribution in [-0.2, 0) is 6.54 Å². The van der Waals surface area contributed by atoms with Gasteiger partial charge in [-0.25, -0.2) is 4.79 Å². The van der Waals surface area contributed by atoms with Crippen LogP contribution in [0.25, 0.3) is 0 Å². The van der Waals surface area contributed by atoms with Crippen LogP contribution in [0.4, 0.5) is 0 Å². The lowest BCUT2D eigenvalue weighted by atomic mass is 10.4. The molecule has 0 bridgehead atoms. The second-order valence-corrected chi connectivity index (χ2v) is 4.60. The normalized spacial score (nSPS) is 10.4. The highest BCUT2D eigenvalue weighted by molar-refractivity contribution is 7.99. The van der Waals surface area contributed by atoms with Gasteiger partial charge in [0.1, 0.15) is 0 Å². The highest BCUT2D eigenvalue weighted by Crippen LogP contribution is 2.16. The van der Waals surface area contributed by atoms with Gasteiger partial charge in [-0.15, -0.1) is 11.8 Å². The summed E-state index contributed by atoms with van der Waals surface area (Å²) < 4.78 is 1.20. The number of hydrogen-bond donors (Lipinski definition) is 1. The third-order valence-electron chi connectivity index (χ3n) is 2.27. The van der Waals surface area contributed by atoms with Crippen LogP contribution in [0.1, 0.15) is 0 Å². The lowest BCUT2D eigenvalue weighted by Crippen LogP contribution is -2.34. The van der Waals surface area contributed by atoms with Crippen LogP contribution in [-0.4, -0.2) is 15.3 Å². The summed E-state index contributed by atoms with van der Waals surface area (Å²) in [6.45, 7) is 0.411. The van der Waals surface area contributed by atoms with E-state index in [9.17, 15) is 9.59 Å². The number of H-pyrrole nitrogens is 1. The topological polar surface area (TPSA) is 54.9 Å². The maximum atomic E-state index is 11.4. The molecule has 2 rings (SSSR count). The predicted octanol–water partition coefficient (Wildman–Crippen LogP) is 1.33. The first kappa shape index (κ1) is 11.7. The van der Waals surface area contributed by atoms with E-state index in [4.69, 9.17) is 0 Å². The fourth-order valence-corrected chi connectivity index (χ4v) is 2.29. The van der Waals surface area contributed by atoms with Gasteiger partial charge in [-0.2, -0.15) is 0 Å². The molecule has 5 heteroatoms. The van der Waals surface area contributed by atoms with Crippen LogP contribution in [0.15, 0.2) is 57.1 Å². The molecule has 0 atom stereocenters. The van der Waals surface area contributed by atoms with Crippen molar-refractivity contribution in [2.24, 2.45) is 0 Å². The maximum absolute atomic E-state index is 11.4. The molecule has 0 radical (unpaired) electrons. The molecule has 2 aromatic rings.